The Kier molecular flexibility index (Phi) is 7.47. The van der Waals surface area contributed by atoms with Crippen molar-refractivity contribution in [2.24, 2.45) is 5.10 Å². The number of nitrogens with one attached hydrogen (secondary N) is 1. The molecule has 0 aliphatic rings. The van der Waals surface area contributed by atoms with Crippen LogP contribution >= 0.6 is 15.9 Å². The van der Waals surface area contributed by atoms with Gasteiger partial charge in [-0.05, 0) is 44.2 Å². The van der Waals surface area contributed by atoms with Crippen LogP contribution in [0.1, 0.15) is 19.4 Å². The van der Waals surface area contributed by atoms with E-state index in [1.54, 1.807) is 38.3 Å². The van der Waals surface area contributed by atoms with Crippen molar-refractivity contribution in [2.75, 3.05) is 13.7 Å². The maximum Gasteiger partial charge on any atom is 0.280 e. The first-order chi connectivity index (χ1) is 12.5. The molecule has 1 atom stereocenters. The Morgan fingerprint density at radius 1 is 1.27 bits per heavy atom. The van der Waals surface area contributed by atoms with E-state index in [-0.39, 0.29) is 5.91 Å². The fourth-order valence-electron chi connectivity index (χ4n) is 2.10. The van der Waals surface area contributed by atoms with E-state index in [2.05, 4.69) is 26.5 Å². The van der Waals surface area contributed by atoms with Crippen molar-refractivity contribution in [1.29, 1.82) is 0 Å². The molecule has 0 radical (unpaired) electrons. The summed E-state index contributed by atoms with van der Waals surface area (Å²) in [5.74, 6) is 1.53. The fraction of sp³-hybridized carbons (Fsp3) is 0.263. The van der Waals surface area contributed by atoms with Crippen LogP contribution in [0.25, 0.3) is 0 Å². The fourth-order valence-corrected chi connectivity index (χ4v) is 2.47. The van der Waals surface area contributed by atoms with Gasteiger partial charge in [-0.1, -0.05) is 22.0 Å². The molecule has 0 fully saturated rings. The predicted molar refractivity (Wildman–Crippen MR) is 104 cm³/mol. The molecule has 2 aromatic rings. The van der Waals surface area contributed by atoms with E-state index in [1.807, 2.05) is 25.1 Å². The lowest BCUT2D eigenvalue weighted by molar-refractivity contribution is -0.127. The number of benzene rings is 2. The predicted octanol–water partition coefficient (Wildman–Crippen LogP) is 3.77. The molecular weight excluding hydrogens is 400 g/mol. The molecule has 2 aromatic carbocycles. The van der Waals surface area contributed by atoms with E-state index in [4.69, 9.17) is 14.2 Å². The molecule has 138 valence electrons. The second kappa shape index (κ2) is 9.82. The van der Waals surface area contributed by atoms with Crippen LogP contribution < -0.4 is 19.6 Å². The number of amides is 1. The number of methoxy groups -OCH3 is 1. The zero-order valence-electron chi connectivity index (χ0n) is 14.9. The van der Waals surface area contributed by atoms with Crippen molar-refractivity contribution in [3.05, 3.63) is 52.5 Å². The molecule has 26 heavy (non-hydrogen) atoms. The minimum atomic E-state index is -0.715. The summed E-state index contributed by atoms with van der Waals surface area (Å²) in [5.41, 5.74) is 3.22. The lowest BCUT2D eigenvalue weighted by Gasteiger charge is -2.13. The molecule has 0 aliphatic carbocycles. The summed E-state index contributed by atoms with van der Waals surface area (Å²) >= 11 is 3.41. The van der Waals surface area contributed by atoms with Gasteiger partial charge in [-0.25, -0.2) is 5.43 Å². The van der Waals surface area contributed by atoms with E-state index < -0.39 is 6.10 Å². The molecule has 0 saturated carbocycles. The second-order valence-corrected chi connectivity index (χ2v) is 6.20. The molecule has 1 unspecified atom stereocenters. The minimum Gasteiger partial charge on any atom is -0.497 e. The topological polar surface area (TPSA) is 69.2 Å². The Labute approximate surface area is 161 Å². The Hall–Kier alpha value is -2.54. The molecule has 1 N–H and O–H groups in total. The second-order valence-electron chi connectivity index (χ2n) is 5.29. The van der Waals surface area contributed by atoms with Crippen molar-refractivity contribution in [3.8, 4) is 17.2 Å². The molecular formula is C19H21BrN2O4. The van der Waals surface area contributed by atoms with Gasteiger partial charge in [0.25, 0.3) is 5.91 Å². The molecule has 0 heterocycles. The first-order valence-electron chi connectivity index (χ1n) is 8.09. The zero-order valence-corrected chi connectivity index (χ0v) is 16.4. The van der Waals surface area contributed by atoms with Crippen molar-refractivity contribution in [2.45, 2.75) is 20.0 Å². The summed E-state index contributed by atoms with van der Waals surface area (Å²) in [6, 6.07) is 12.6. The Bertz CT molecular complexity index is 780. The van der Waals surface area contributed by atoms with Crippen LogP contribution in [0.5, 0.6) is 17.2 Å². The summed E-state index contributed by atoms with van der Waals surface area (Å²) < 4.78 is 17.2. The van der Waals surface area contributed by atoms with E-state index in [1.165, 1.54) is 6.21 Å². The molecule has 0 aliphatic heterocycles. The normalized spacial score (nSPS) is 11.8. The largest absolute Gasteiger partial charge is 0.497 e. The highest BCUT2D eigenvalue weighted by atomic mass is 79.9. The summed E-state index contributed by atoms with van der Waals surface area (Å²) in [5, 5.41) is 3.99. The van der Waals surface area contributed by atoms with Gasteiger partial charge in [0.05, 0.1) is 19.9 Å². The summed E-state index contributed by atoms with van der Waals surface area (Å²) in [4.78, 5) is 12.1. The summed E-state index contributed by atoms with van der Waals surface area (Å²) in [7, 11) is 1.57. The number of ether oxygens (including phenoxy) is 3. The number of hydrogen-bond donors (Lipinski definition) is 1. The lowest BCUT2D eigenvalue weighted by Crippen LogP contribution is -2.33. The van der Waals surface area contributed by atoms with E-state index in [0.29, 0.717) is 23.9 Å². The van der Waals surface area contributed by atoms with Gasteiger partial charge >= 0.3 is 0 Å². The minimum absolute atomic E-state index is 0.364. The van der Waals surface area contributed by atoms with Crippen molar-refractivity contribution < 1.29 is 19.0 Å². The van der Waals surface area contributed by atoms with Gasteiger partial charge < -0.3 is 14.2 Å². The third kappa shape index (κ3) is 5.77. The van der Waals surface area contributed by atoms with Gasteiger partial charge in [-0.2, -0.15) is 5.10 Å². The monoisotopic (exact) mass is 420 g/mol. The Morgan fingerprint density at radius 3 is 2.77 bits per heavy atom. The number of carbonyl (C=O) groups excluding carboxylic acids is 1. The van der Waals surface area contributed by atoms with Gasteiger partial charge in [0.1, 0.15) is 17.2 Å². The highest BCUT2D eigenvalue weighted by molar-refractivity contribution is 9.10. The van der Waals surface area contributed by atoms with Crippen LogP contribution in [-0.2, 0) is 4.79 Å². The Balaban J connectivity index is 1.97. The maximum absolute atomic E-state index is 12.1. The molecule has 2 rings (SSSR count). The number of hydrazone groups is 1. The molecule has 0 saturated heterocycles. The smallest absolute Gasteiger partial charge is 0.280 e. The van der Waals surface area contributed by atoms with Gasteiger partial charge in [0.15, 0.2) is 6.10 Å². The van der Waals surface area contributed by atoms with E-state index in [0.717, 1.165) is 10.0 Å². The SMILES string of the molecule is CCOc1ccc(Br)cc1/C=N/NC(=O)C(C)Oc1cccc(OC)c1. The highest BCUT2D eigenvalue weighted by Gasteiger charge is 2.14. The van der Waals surface area contributed by atoms with Crippen LogP contribution in [-0.4, -0.2) is 31.9 Å². The molecule has 7 heteroatoms. The van der Waals surface area contributed by atoms with Gasteiger partial charge in [-0.15, -0.1) is 0 Å². The van der Waals surface area contributed by atoms with E-state index >= 15 is 0 Å². The van der Waals surface area contributed by atoms with Crippen LogP contribution in [0, 0.1) is 0 Å². The first-order valence-corrected chi connectivity index (χ1v) is 8.88. The zero-order chi connectivity index (χ0) is 18.9. The van der Waals surface area contributed by atoms with Crippen molar-refractivity contribution in [1.82, 2.24) is 5.43 Å². The standard InChI is InChI=1S/C19H21BrN2O4/c1-4-25-18-9-8-15(20)10-14(18)12-21-22-19(23)13(2)26-17-7-5-6-16(11-17)24-3/h5-13H,4H2,1-3H3,(H,22,23)/b21-12+. The molecule has 0 spiro atoms. The summed E-state index contributed by atoms with van der Waals surface area (Å²) in [6.07, 6.45) is 0.819. The third-order valence-corrected chi connectivity index (χ3v) is 3.87. The maximum atomic E-state index is 12.1. The highest BCUT2D eigenvalue weighted by Crippen LogP contribution is 2.22. The number of nitrogens with zero attached hydrogens (tertiary/aromatic N) is 1. The first kappa shape index (κ1) is 19.8. The third-order valence-electron chi connectivity index (χ3n) is 3.37. The number of rotatable bonds is 8. The van der Waals surface area contributed by atoms with Crippen LogP contribution in [0.4, 0.5) is 0 Å². The average molecular weight is 421 g/mol. The number of hydrogen-bond acceptors (Lipinski definition) is 5. The summed E-state index contributed by atoms with van der Waals surface area (Å²) in [6.45, 7) is 4.09. The number of halogens is 1. The molecule has 1 amide bonds. The lowest BCUT2D eigenvalue weighted by atomic mass is 10.2. The van der Waals surface area contributed by atoms with Gasteiger partial charge in [-0.3, -0.25) is 4.79 Å². The van der Waals surface area contributed by atoms with Gasteiger partial charge in [0, 0.05) is 16.1 Å². The van der Waals surface area contributed by atoms with Crippen LogP contribution in [0.2, 0.25) is 0 Å². The Morgan fingerprint density at radius 2 is 2.04 bits per heavy atom. The number of carbonyl (C=O) groups is 1. The molecule has 6 nitrogen and oxygen atoms in total. The van der Waals surface area contributed by atoms with E-state index in [9.17, 15) is 4.79 Å². The molecule has 0 aromatic heterocycles. The molecule has 0 bridgehead atoms. The van der Waals surface area contributed by atoms with Crippen molar-refractivity contribution >= 4 is 28.1 Å². The van der Waals surface area contributed by atoms with Crippen molar-refractivity contribution in [3.63, 3.8) is 0 Å². The van der Waals surface area contributed by atoms with Crippen LogP contribution in [0.15, 0.2) is 52.0 Å². The average Bonchev–Trinajstić information content (AvgIpc) is 2.64. The quantitative estimate of drug-likeness (QED) is 0.521. The van der Waals surface area contributed by atoms with Gasteiger partial charge in [0.2, 0.25) is 0 Å². The van der Waals surface area contributed by atoms with Crippen LogP contribution in [0.3, 0.4) is 0 Å².